The standard InChI is InChI=1S/C25H24BrO2P/c1-28-25(27)20-12-5-13-21-29(26,22-14-6-2-7-15-22,23-16-8-3-9-17-23)24-18-10-4-11-19-24/h2-20H,21H2,1H3/b13-5+,20-12+. The molecule has 3 aromatic rings. The molecule has 0 unspecified atom stereocenters. The third-order valence-corrected chi connectivity index (χ3v) is 14.6. The van der Waals surface area contributed by atoms with Gasteiger partial charge in [0.1, 0.15) is 0 Å². The van der Waals surface area contributed by atoms with Gasteiger partial charge < -0.3 is 0 Å². The van der Waals surface area contributed by atoms with E-state index in [1.54, 1.807) is 6.08 Å². The van der Waals surface area contributed by atoms with Crippen LogP contribution in [0.4, 0.5) is 0 Å². The molecule has 4 heteroatoms. The molecule has 3 rings (SSSR count). The number of allylic oxidation sites excluding steroid dienone is 3. The maximum atomic E-state index is 11.4. The van der Waals surface area contributed by atoms with Crippen LogP contribution < -0.4 is 15.9 Å². The zero-order chi connectivity index (χ0) is 20.6. The first-order valence-electron chi connectivity index (χ1n) is 9.40. The van der Waals surface area contributed by atoms with Crippen LogP contribution in [-0.4, -0.2) is 19.2 Å². The van der Waals surface area contributed by atoms with E-state index in [1.165, 1.54) is 29.1 Å². The summed E-state index contributed by atoms with van der Waals surface area (Å²) in [7, 11) is 1.38. The normalized spacial score (nSPS) is 13.2. The molecule has 0 aliphatic carbocycles. The van der Waals surface area contributed by atoms with Gasteiger partial charge in [0.15, 0.2) is 0 Å². The van der Waals surface area contributed by atoms with Crippen molar-refractivity contribution in [2.75, 3.05) is 13.3 Å². The van der Waals surface area contributed by atoms with Crippen LogP contribution in [0.1, 0.15) is 0 Å². The minimum absolute atomic E-state index is 0.361. The molecule has 0 fully saturated rings. The summed E-state index contributed by atoms with van der Waals surface area (Å²) in [6.07, 6.45) is 7.96. The molecule has 0 atom stereocenters. The van der Waals surface area contributed by atoms with Crippen LogP contribution in [0.25, 0.3) is 0 Å². The van der Waals surface area contributed by atoms with E-state index in [-0.39, 0.29) is 5.97 Å². The zero-order valence-electron chi connectivity index (χ0n) is 16.3. The third kappa shape index (κ3) is 4.27. The molecule has 0 aliphatic heterocycles. The molecule has 0 amide bonds. The molecule has 0 aromatic heterocycles. The molecule has 3 aromatic carbocycles. The van der Waals surface area contributed by atoms with Gasteiger partial charge in [0, 0.05) is 0 Å². The third-order valence-electron chi connectivity index (χ3n) is 5.01. The molecule has 0 radical (unpaired) electrons. The van der Waals surface area contributed by atoms with Crippen LogP contribution in [0.5, 0.6) is 0 Å². The number of ether oxygens (including phenoxy) is 1. The van der Waals surface area contributed by atoms with E-state index in [4.69, 9.17) is 0 Å². The number of carbonyl (C=O) groups excluding carboxylic acids is 1. The number of benzene rings is 3. The average Bonchev–Trinajstić information content (AvgIpc) is 2.80. The van der Waals surface area contributed by atoms with Gasteiger partial charge in [-0.05, 0) is 0 Å². The number of rotatable bonds is 7. The van der Waals surface area contributed by atoms with Gasteiger partial charge in [-0.2, -0.15) is 0 Å². The Hall–Kier alpha value is -2.48. The molecule has 0 N–H and O–H groups in total. The Morgan fingerprint density at radius 1 is 0.793 bits per heavy atom. The number of methoxy groups -OCH3 is 1. The molecular weight excluding hydrogens is 443 g/mol. The molecule has 148 valence electrons. The van der Waals surface area contributed by atoms with Gasteiger partial charge >= 0.3 is 181 Å². The van der Waals surface area contributed by atoms with Crippen molar-refractivity contribution < 1.29 is 9.53 Å². The van der Waals surface area contributed by atoms with Gasteiger partial charge in [0.2, 0.25) is 0 Å². The van der Waals surface area contributed by atoms with Gasteiger partial charge in [0.05, 0.1) is 0 Å². The first-order valence-corrected chi connectivity index (χ1v) is 13.8. The Morgan fingerprint density at radius 3 is 1.59 bits per heavy atom. The average molecular weight is 467 g/mol. The van der Waals surface area contributed by atoms with Crippen molar-refractivity contribution in [2.45, 2.75) is 0 Å². The van der Waals surface area contributed by atoms with Gasteiger partial charge in [0.25, 0.3) is 0 Å². The van der Waals surface area contributed by atoms with Gasteiger partial charge in [-0.15, -0.1) is 0 Å². The summed E-state index contributed by atoms with van der Waals surface area (Å²) in [5, 5.41) is 0.839. The Kier molecular flexibility index (Phi) is 6.84. The van der Waals surface area contributed by atoms with Crippen molar-refractivity contribution in [3.63, 3.8) is 0 Å². The summed E-state index contributed by atoms with van der Waals surface area (Å²) in [5.41, 5.74) is 0. The number of hydrogen-bond acceptors (Lipinski definition) is 2. The first-order chi connectivity index (χ1) is 14.1. The maximum absolute atomic E-state index is 11.4. The molecular formula is C25H24BrO2P. The van der Waals surface area contributed by atoms with Crippen LogP contribution in [-0.2, 0) is 9.53 Å². The SMILES string of the molecule is COC(=O)/C=C/C=C/CP(Br)(c1ccccc1)(c1ccccc1)c1ccccc1. The molecule has 0 aliphatic rings. The number of hydrogen-bond donors (Lipinski definition) is 0. The second kappa shape index (κ2) is 9.35. The van der Waals surface area contributed by atoms with E-state index in [1.807, 2.05) is 24.3 Å². The molecule has 2 nitrogen and oxygen atoms in total. The predicted octanol–water partition coefficient (Wildman–Crippen LogP) is 5.11. The second-order valence-electron chi connectivity index (χ2n) is 6.68. The van der Waals surface area contributed by atoms with E-state index in [9.17, 15) is 4.79 Å². The summed E-state index contributed by atoms with van der Waals surface area (Å²) in [4.78, 5) is 11.4. The molecule has 0 heterocycles. The van der Waals surface area contributed by atoms with E-state index < -0.39 is 5.31 Å². The summed E-state index contributed by atoms with van der Waals surface area (Å²) in [6.45, 7) is 0. The molecule has 29 heavy (non-hydrogen) atoms. The topological polar surface area (TPSA) is 26.3 Å². The first kappa shape index (κ1) is 21.2. The number of esters is 1. The van der Waals surface area contributed by atoms with Gasteiger partial charge in [-0.25, -0.2) is 0 Å². The quantitative estimate of drug-likeness (QED) is 0.209. The molecule has 0 bridgehead atoms. The van der Waals surface area contributed by atoms with E-state index in [2.05, 4.69) is 99.1 Å². The van der Waals surface area contributed by atoms with Gasteiger partial charge in [-0.3, -0.25) is 0 Å². The van der Waals surface area contributed by atoms with Crippen molar-refractivity contribution in [3.05, 3.63) is 115 Å². The van der Waals surface area contributed by atoms with Crippen LogP contribution >= 0.6 is 20.8 Å². The van der Waals surface area contributed by atoms with Crippen molar-refractivity contribution in [3.8, 4) is 0 Å². The zero-order valence-corrected chi connectivity index (χ0v) is 18.8. The van der Waals surface area contributed by atoms with Crippen LogP contribution in [0, 0.1) is 0 Å². The summed E-state index contributed by atoms with van der Waals surface area (Å²) >= 11 is 4.38. The Morgan fingerprint density at radius 2 is 1.21 bits per heavy atom. The van der Waals surface area contributed by atoms with Crippen LogP contribution in [0.2, 0.25) is 0 Å². The monoisotopic (exact) mass is 466 g/mol. The van der Waals surface area contributed by atoms with Crippen molar-refractivity contribution >= 4 is 42.7 Å². The summed E-state index contributed by atoms with van der Waals surface area (Å²) < 4.78 is 4.66. The van der Waals surface area contributed by atoms with E-state index in [0.717, 1.165) is 6.16 Å². The minimum atomic E-state index is -2.95. The van der Waals surface area contributed by atoms with E-state index >= 15 is 0 Å². The summed E-state index contributed by atoms with van der Waals surface area (Å²) in [5.74, 6) is -0.361. The molecule has 0 saturated carbocycles. The van der Waals surface area contributed by atoms with Crippen molar-refractivity contribution in [1.29, 1.82) is 0 Å². The predicted molar refractivity (Wildman–Crippen MR) is 129 cm³/mol. The fourth-order valence-corrected chi connectivity index (χ4v) is 10.6. The van der Waals surface area contributed by atoms with Crippen LogP contribution in [0.3, 0.4) is 0 Å². The fourth-order valence-electron chi connectivity index (χ4n) is 3.52. The number of halogens is 1. The summed E-state index contributed by atoms with van der Waals surface area (Å²) in [6, 6.07) is 31.9. The van der Waals surface area contributed by atoms with E-state index in [0.29, 0.717) is 0 Å². The van der Waals surface area contributed by atoms with Crippen molar-refractivity contribution in [1.82, 2.24) is 0 Å². The fraction of sp³-hybridized carbons (Fsp3) is 0.0800. The van der Waals surface area contributed by atoms with Crippen LogP contribution in [0.15, 0.2) is 115 Å². The molecule has 0 saturated heterocycles. The van der Waals surface area contributed by atoms with Crippen molar-refractivity contribution in [2.24, 2.45) is 0 Å². The number of carbonyl (C=O) groups is 1. The Labute approximate surface area is 180 Å². The Balaban J connectivity index is 2.20. The Bertz CT molecular complexity index is 899. The van der Waals surface area contributed by atoms with Gasteiger partial charge in [-0.1, -0.05) is 0 Å². The molecule has 0 spiro atoms. The second-order valence-corrected chi connectivity index (χ2v) is 15.7.